The number of rotatable bonds is 3. The van der Waals surface area contributed by atoms with E-state index in [4.69, 9.17) is 4.74 Å². The molecular formula is C28H40N2O3. The van der Waals surface area contributed by atoms with Crippen molar-refractivity contribution in [3.05, 3.63) is 29.8 Å². The molecule has 5 heteroatoms. The summed E-state index contributed by atoms with van der Waals surface area (Å²) in [6, 6.07) is 8.10. The molecular weight excluding hydrogens is 412 g/mol. The molecule has 1 aromatic carbocycles. The third-order valence-electron chi connectivity index (χ3n) is 10.3. The van der Waals surface area contributed by atoms with E-state index in [0.29, 0.717) is 29.9 Å². The molecule has 1 heterocycles. The molecule has 1 aromatic rings. The van der Waals surface area contributed by atoms with Gasteiger partial charge in [-0.2, -0.15) is 0 Å². The second kappa shape index (κ2) is 8.02. The average molecular weight is 453 g/mol. The van der Waals surface area contributed by atoms with Crippen molar-refractivity contribution >= 4 is 11.8 Å². The van der Waals surface area contributed by atoms with E-state index in [0.717, 1.165) is 36.8 Å². The molecule has 180 valence electrons. The van der Waals surface area contributed by atoms with Crippen LogP contribution in [-0.4, -0.2) is 54.9 Å². The fourth-order valence-corrected chi connectivity index (χ4v) is 8.39. The van der Waals surface area contributed by atoms with E-state index in [2.05, 4.69) is 18.7 Å². The summed E-state index contributed by atoms with van der Waals surface area (Å²) in [4.78, 5) is 28.3. The maximum atomic E-state index is 12.4. The quantitative estimate of drug-likeness (QED) is 0.649. The maximum Gasteiger partial charge on any atom is 0.253 e. The first kappa shape index (κ1) is 22.7. The van der Waals surface area contributed by atoms with Gasteiger partial charge in [-0.05, 0) is 92.4 Å². The van der Waals surface area contributed by atoms with Crippen molar-refractivity contribution in [2.24, 2.45) is 28.6 Å². The molecule has 0 spiro atoms. The average Bonchev–Trinajstić information content (AvgIpc) is 3.13. The van der Waals surface area contributed by atoms with E-state index in [9.17, 15) is 9.59 Å². The fraction of sp³-hybridized carbons (Fsp3) is 0.714. The highest BCUT2D eigenvalue weighted by Gasteiger charge is 2.61. The second-order valence-corrected chi connectivity index (χ2v) is 11.9. The van der Waals surface area contributed by atoms with Crippen LogP contribution in [0.4, 0.5) is 0 Å². The molecule has 3 aliphatic carbocycles. The van der Waals surface area contributed by atoms with Crippen LogP contribution in [0.25, 0.3) is 0 Å². The van der Waals surface area contributed by atoms with Gasteiger partial charge in [-0.25, -0.2) is 0 Å². The Morgan fingerprint density at radius 2 is 1.67 bits per heavy atom. The number of benzene rings is 1. The van der Waals surface area contributed by atoms with Crippen molar-refractivity contribution in [2.75, 3.05) is 21.1 Å². The monoisotopic (exact) mass is 452 g/mol. The Hall–Kier alpha value is -2.04. The lowest BCUT2D eigenvalue weighted by Crippen LogP contribution is -2.61. The van der Waals surface area contributed by atoms with Gasteiger partial charge in [0.15, 0.2) is 0 Å². The molecule has 2 amide bonds. The van der Waals surface area contributed by atoms with Crippen LogP contribution in [0.1, 0.15) is 75.6 Å². The molecule has 0 bridgehead atoms. The Morgan fingerprint density at radius 3 is 2.36 bits per heavy atom. The van der Waals surface area contributed by atoms with Gasteiger partial charge >= 0.3 is 0 Å². The molecule has 4 aliphatic rings. The number of nitrogens with zero attached hydrogens (tertiary/aromatic N) is 2. The number of ether oxygens (including phenoxy) is 1. The highest BCUT2D eigenvalue weighted by Crippen LogP contribution is 2.65. The zero-order valence-electron chi connectivity index (χ0n) is 21.0. The van der Waals surface area contributed by atoms with Crippen LogP contribution in [0.5, 0.6) is 5.75 Å². The molecule has 3 saturated carbocycles. The molecule has 7 atom stereocenters. The topological polar surface area (TPSA) is 49.9 Å². The minimum atomic E-state index is 0.0203. The maximum absolute atomic E-state index is 12.4. The number of likely N-dealkylation sites (tertiary alicyclic amines) is 1. The molecule has 0 unspecified atom stereocenters. The molecule has 0 radical (unpaired) electrons. The van der Waals surface area contributed by atoms with Gasteiger partial charge in [-0.3, -0.25) is 9.59 Å². The van der Waals surface area contributed by atoms with E-state index in [1.54, 1.807) is 19.0 Å². The fourth-order valence-electron chi connectivity index (χ4n) is 8.39. The molecule has 5 rings (SSSR count). The molecule has 0 N–H and O–H groups in total. The molecule has 0 aromatic heterocycles. The summed E-state index contributed by atoms with van der Waals surface area (Å²) in [5.41, 5.74) is 1.17. The first-order valence-corrected chi connectivity index (χ1v) is 12.9. The number of fused-ring (bicyclic) bond motifs is 5. The Balaban J connectivity index is 1.32. The van der Waals surface area contributed by atoms with Gasteiger partial charge in [0.25, 0.3) is 5.91 Å². The van der Waals surface area contributed by atoms with E-state index < -0.39 is 0 Å². The van der Waals surface area contributed by atoms with E-state index in [-0.39, 0.29) is 22.8 Å². The van der Waals surface area contributed by atoms with Gasteiger partial charge in [-0.15, -0.1) is 0 Å². The van der Waals surface area contributed by atoms with Crippen molar-refractivity contribution in [1.29, 1.82) is 0 Å². The third kappa shape index (κ3) is 3.49. The van der Waals surface area contributed by atoms with Crippen LogP contribution < -0.4 is 4.74 Å². The minimum absolute atomic E-state index is 0.0203. The number of hydrogen-bond acceptors (Lipinski definition) is 3. The Labute approximate surface area is 198 Å². The number of piperidine rings is 1. The third-order valence-corrected chi connectivity index (χ3v) is 10.3. The summed E-state index contributed by atoms with van der Waals surface area (Å²) in [5.74, 6) is 3.41. The van der Waals surface area contributed by atoms with Crippen LogP contribution in [-0.2, 0) is 4.79 Å². The summed E-state index contributed by atoms with van der Waals surface area (Å²) >= 11 is 0. The Bertz CT molecular complexity index is 928. The second-order valence-electron chi connectivity index (χ2n) is 11.9. The summed E-state index contributed by atoms with van der Waals surface area (Å²) in [6.07, 6.45) is 9.23. The largest absolute Gasteiger partial charge is 0.490 e. The van der Waals surface area contributed by atoms with Crippen molar-refractivity contribution in [3.63, 3.8) is 0 Å². The van der Waals surface area contributed by atoms with Gasteiger partial charge in [-0.1, -0.05) is 13.8 Å². The van der Waals surface area contributed by atoms with Gasteiger partial charge < -0.3 is 14.5 Å². The van der Waals surface area contributed by atoms with Crippen LogP contribution in [0.2, 0.25) is 0 Å². The van der Waals surface area contributed by atoms with Crippen molar-refractivity contribution in [1.82, 2.24) is 9.80 Å². The smallest absolute Gasteiger partial charge is 0.253 e. The number of hydrogen-bond donors (Lipinski definition) is 0. The highest BCUT2D eigenvalue weighted by molar-refractivity contribution is 5.93. The predicted octanol–water partition coefficient (Wildman–Crippen LogP) is 5.00. The van der Waals surface area contributed by atoms with Crippen LogP contribution >= 0.6 is 0 Å². The first-order valence-electron chi connectivity index (χ1n) is 12.9. The van der Waals surface area contributed by atoms with Crippen LogP contribution in [0.15, 0.2) is 24.3 Å². The van der Waals surface area contributed by atoms with E-state index >= 15 is 0 Å². The standard InChI is InChI=1S/C28H40N2O3/c1-27-17-15-25(31)30(5)23(27)12-10-20-21-11-13-24(28(21,2)16-14-22(20)27)33-19-8-6-18(7-9-19)26(32)29(3)4/h6-9,20-24H,10-17H2,1-5H3/t20-,21-,22-,23+,24-,27+,28-/m0/s1. The molecule has 1 saturated heterocycles. The van der Waals surface area contributed by atoms with Crippen molar-refractivity contribution in [3.8, 4) is 5.75 Å². The van der Waals surface area contributed by atoms with Gasteiger partial charge in [0.05, 0.1) is 0 Å². The summed E-state index contributed by atoms with van der Waals surface area (Å²) in [6.45, 7) is 4.96. The molecule has 1 aliphatic heterocycles. The van der Waals surface area contributed by atoms with Gasteiger partial charge in [0.2, 0.25) is 5.91 Å². The minimum Gasteiger partial charge on any atom is -0.490 e. The summed E-state index contributed by atoms with van der Waals surface area (Å²) < 4.78 is 6.61. The summed E-state index contributed by atoms with van der Waals surface area (Å²) in [5, 5.41) is 0. The van der Waals surface area contributed by atoms with Crippen molar-refractivity contribution in [2.45, 2.75) is 77.4 Å². The lowest BCUT2D eigenvalue weighted by molar-refractivity contribution is -0.159. The Morgan fingerprint density at radius 1 is 0.970 bits per heavy atom. The zero-order chi connectivity index (χ0) is 23.5. The normalized spacial score (nSPS) is 40.0. The van der Waals surface area contributed by atoms with Crippen molar-refractivity contribution < 1.29 is 14.3 Å². The molecule has 33 heavy (non-hydrogen) atoms. The first-order chi connectivity index (χ1) is 15.6. The number of carbonyl (C=O) groups excluding carboxylic acids is 2. The lowest BCUT2D eigenvalue weighted by atomic mass is 9.47. The van der Waals surface area contributed by atoms with Crippen LogP contribution in [0.3, 0.4) is 0 Å². The zero-order valence-corrected chi connectivity index (χ0v) is 21.0. The van der Waals surface area contributed by atoms with Gasteiger partial charge in [0.1, 0.15) is 11.9 Å². The molecule has 5 nitrogen and oxygen atoms in total. The van der Waals surface area contributed by atoms with Crippen LogP contribution in [0, 0.1) is 28.6 Å². The Kier molecular flexibility index (Phi) is 5.53. The van der Waals surface area contributed by atoms with E-state index in [1.807, 2.05) is 31.3 Å². The number of amides is 2. The predicted molar refractivity (Wildman–Crippen MR) is 129 cm³/mol. The molecule has 4 fully saturated rings. The highest BCUT2D eigenvalue weighted by atomic mass is 16.5. The summed E-state index contributed by atoms with van der Waals surface area (Å²) in [7, 11) is 5.59. The SMILES string of the molecule is CN(C)C(=O)c1ccc(O[C@H]2CC[C@H]3[C@@H]4CC[C@H]5N(C)C(=O)CC[C@]5(C)[C@H]4CC[C@]23C)cc1. The van der Waals surface area contributed by atoms with E-state index in [1.165, 1.54) is 25.7 Å². The van der Waals surface area contributed by atoms with Gasteiger partial charge in [0, 0.05) is 44.6 Å². The number of carbonyl (C=O) groups is 2. The lowest BCUT2D eigenvalue weighted by Gasteiger charge is -2.61.